The van der Waals surface area contributed by atoms with Crippen LogP contribution in [0.5, 0.6) is 0 Å². The first-order chi connectivity index (χ1) is 20.7. The number of aliphatic hydroxyl groups is 1. The van der Waals surface area contributed by atoms with Crippen molar-refractivity contribution in [3.8, 4) is 11.3 Å². The Hall–Kier alpha value is -1.78. The van der Waals surface area contributed by atoms with Crippen LogP contribution in [0.15, 0.2) is 23.1 Å². The van der Waals surface area contributed by atoms with Gasteiger partial charge in [0.1, 0.15) is 0 Å². The Bertz CT molecular complexity index is 1400. The number of alkyl halides is 5. The van der Waals surface area contributed by atoms with Crippen molar-refractivity contribution in [2.75, 3.05) is 57.8 Å². The van der Waals surface area contributed by atoms with Crippen molar-refractivity contribution in [1.29, 1.82) is 0 Å². The van der Waals surface area contributed by atoms with Gasteiger partial charge in [0.05, 0.1) is 30.2 Å². The van der Waals surface area contributed by atoms with Crippen LogP contribution in [0, 0.1) is 0 Å². The maximum atomic E-state index is 14.0. The van der Waals surface area contributed by atoms with Gasteiger partial charge in [-0.3, -0.25) is 4.68 Å². The van der Waals surface area contributed by atoms with Crippen molar-refractivity contribution < 1.29 is 35.5 Å². The van der Waals surface area contributed by atoms with Crippen LogP contribution in [0.4, 0.5) is 22.0 Å². The number of piperidine rings is 2. The van der Waals surface area contributed by atoms with E-state index in [9.17, 15) is 35.5 Å². The highest BCUT2D eigenvalue weighted by Gasteiger charge is 2.36. The Kier molecular flexibility index (Phi) is 10.3. The Balaban J connectivity index is 1.41. The number of halogens is 5. The van der Waals surface area contributed by atoms with Crippen molar-refractivity contribution in [2.45, 2.75) is 74.7 Å². The summed E-state index contributed by atoms with van der Waals surface area (Å²) < 4.78 is 97.0. The minimum atomic E-state index is -4.60. The third-order valence-corrected chi connectivity index (χ3v) is 11.0. The van der Waals surface area contributed by atoms with Gasteiger partial charge in [0.15, 0.2) is 0 Å². The molecule has 3 aliphatic rings. The van der Waals surface area contributed by atoms with Crippen LogP contribution in [-0.2, 0) is 35.7 Å². The number of β-amino-alcohol motifs (C(OH)–C–C–N with tert-alkyl or cyclic N) is 1. The Morgan fingerprint density at radius 1 is 1.02 bits per heavy atom. The summed E-state index contributed by atoms with van der Waals surface area (Å²) in [5.41, 5.74) is 1.42. The highest BCUT2D eigenvalue weighted by atomic mass is 32.2. The number of benzene rings is 1. The number of nitrogens with zero attached hydrogens (tertiary/aromatic N) is 5. The van der Waals surface area contributed by atoms with Crippen LogP contribution >= 0.6 is 11.8 Å². The van der Waals surface area contributed by atoms with E-state index in [0.717, 1.165) is 55.7 Å². The molecule has 246 valence electrons. The first-order valence-corrected chi connectivity index (χ1v) is 17.9. The van der Waals surface area contributed by atoms with E-state index in [1.807, 2.05) is 4.90 Å². The standard InChI is InChI=1S/C29H40F5N5O3S2/c1-44(41,42)38-12-7-25-23(20-38)27(35-39(25)19-22(40)18-37-10-3-2-4-11-37)21-5-6-24(29(32,33)34)26(17-21)43-16-15-36-13-8-28(30,31)9-14-36/h5-6,17,22,40H,2-4,7-16,18-20H2,1H3/t22-/m0/s1. The lowest BCUT2D eigenvalue weighted by atomic mass is 10.0. The summed E-state index contributed by atoms with van der Waals surface area (Å²) >= 11 is 1.02. The largest absolute Gasteiger partial charge is 0.417 e. The van der Waals surface area contributed by atoms with Crippen LogP contribution < -0.4 is 0 Å². The zero-order chi connectivity index (χ0) is 31.7. The molecule has 8 nitrogen and oxygen atoms in total. The fraction of sp³-hybridized carbons (Fsp3) is 0.690. The molecule has 0 unspecified atom stereocenters. The van der Waals surface area contributed by atoms with Crippen LogP contribution in [0.3, 0.4) is 0 Å². The molecule has 3 aliphatic heterocycles. The lowest BCUT2D eigenvalue weighted by Gasteiger charge is -2.31. The summed E-state index contributed by atoms with van der Waals surface area (Å²) in [5, 5.41) is 15.7. The SMILES string of the molecule is CS(=O)(=O)N1CCc2c(c(-c3ccc(C(F)(F)F)c(SCCN4CCC(F)(F)CC4)c3)nn2C[C@@H](O)CN2CCCCC2)C1. The van der Waals surface area contributed by atoms with Crippen molar-refractivity contribution in [3.05, 3.63) is 35.0 Å². The van der Waals surface area contributed by atoms with E-state index >= 15 is 0 Å². The summed E-state index contributed by atoms with van der Waals surface area (Å²) in [4.78, 5) is 4.06. The Morgan fingerprint density at radius 2 is 1.73 bits per heavy atom. The third kappa shape index (κ3) is 8.32. The van der Waals surface area contributed by atoms with Crippen LogP contribution in [0.1, 0.15) is 48.9 Å². The number of hydrogen-bond acceptors (Lipinski definition) is 7. The van der Waals surface area contributed by atoms with E-state index in [-0.39, 0.29) is 56.2 Å². The summed E-state index contributed by atoms with van der Waals surface area (Å²) in [6, 6.07) is 3.82. The van der Waals surface area contributed by atoms with E-state index < -0.39 is 33.8 Å². The first-order valence-electron chi connectivity index (χ1n) is 15.1. The highest BCUT2D eigenvalue weighted by molar-refractivity contribution is 7.99. The van der Waals surface area contributed by atoms with Gasteiger partial charge in [-0.25, -0.2) is 17.2 Å². The van der Waals surface area contributed by atoms with Gasteiger partial charge in [-0.1, -0.05) is 12.5 Å². The van der Waals surface area contributed by atoms with E-state index in [4.69, 9.17) is 5.10 Å². The second kappa shape index (κ2) is 13.5. The smallest absolute Gasteiger partial charge is 0.390 e. The van der Waals surface area contributed by atoms with Crippen molar-refractivity contribution in [2.24, 2.45) is 0 Å². The predicted molar refractivity (Wildman–Crippen MR) is 159 cm³/mol. The van der Waals surface area contributed by atoms with Crippen LogP contribution in [0.25, 0.3) is 11.3 Å². The van der Waals surface area contributed by atoms with Crippen molar-refractivity contribution in [3.63, 3.8) is 0 Å². The Labute approximate surface area is 259 Å². The molecule has 0 aliphatic carbocycles. The molecule has 0 bridgehead atoms. The number of rotatable bonds is 10. The molecule has 15 heteroatoms. The van der Waals surface area contributed by atoms with Gasteiger partial charge >= 0.3 is 6.18 Å². The maximum absolute atomic E-state index is 14.0. The minimum Gasteiger partial charge on any atom is -0.390 e. The zero-order valence-electron chi connectivity index (χ0n) is 24.8. The fourth-order valence-corrected chi connectivity index (χ4v) is 8.15. The number of likely N-dealkylation sites (tertiary alicyclic amines) is 2. The van der Waals surface area contributed by atoms with Gasteiger partial charge in [0.2, 0.25) is 10.0 Å². The molecular formula is C29H40F5N5O3S2. The molecule has 2 aromatic rings. The summed E-state index contributed by atoms with van der Waals surface area (Å²) in [6.45, 7) is 3.56. The summed E-state index contributed by atoms with van der Waals surface area (Å²) in [7, 11) is -3.53. The molecule has 1 N–H and O–H groups in total. The number of fused-ring (bicyclic) bond motifs is 1. The molecule has 0 saturated carbocycles. The van der Waals surface area contributed by atoms with E-state index in [2.05, 4.69) is 4.90 Å². The molecule has 1 aromatic heterocycles. The minimum absolute atomic E-state index is 0.00144. The molecule has 5 rings (SSSR count). The number of thioether (sulfide) groups is 1. The molecule has 0 spiro atoms. The lowest BCUT2D eigenvalue weighted by molar-refractivity contribution is -0.139. The first kappa shape index (κ1) is 33.6. The number of sulfonamides is 1. The van der Waals surface area contributed by atoms with E-state index in [0.29, 0.717) is 36.3 Å². The predicted octanol–water partition coefficient (Wildman–Crippen LogP) is 4.56. The van der Waals surface area contributed by atoms with E-state index in [1.54, 1.807) is 4.68 Å². The third-order valence-electron chi connectivity index (χ3n) is 8.68. The molecular weight excluding hydrogens is 625 g/mol. The fourth-order valence-electron chi connectivity index (χ4n) is 6.24. The summed E-state index contributed by atoms with van der Waals surface area (Å²) in [5.74, 6) is -2.41. The van der Waals surface area contributed by atoms with Gasteiger partial charge < -0.3 is 14.9 Å². The summed E-state index contributed by atoms with van der Waals surface area (Å²) in [6.07, 6.45) is -1.01. The van der Waals surface area contributed by atoms with Crippen LogP contribution in [-0.4, -0.2) is 107 Å². The number of aliphatic hydroxyl groups excluding tert-OH is 1. The molecule has 4 heterocycles. The molecule has 44 heavy (non-hydrogen) atoms. The quantitative estimate of drug-likeness (QED) is 0.295. The zero-order valence-corrected chi connectivity index (χ0v) is 26.5. The number of aromatic nitrogens is 2. The maximum Gasteiger partial charge on any atom is 0.417 e. The molecule has 2 fully saturated rings. The van der Waals surface area contributed by atoms with E-state index in [1.165, 1.54) is 22.9 Å². The Morgan fingerprint density at radius 3 is 2.39 bits per heavy atom. The van der Waals surface area contributed by atoms with Crippen LogP contribution in [0.2, 0.25) is 0 Å². The second-order valence-corrected chi connectivity index (χ2v) is 15.2. The average molecular weight is 666 g/mol. The molecule has 1 aromatic carbocycles. The highest BCUT2D eigenvalue weighted by Crippen LogP contribution is 2.40. The van der Waals surface area contributed by atoms with Gasteiger partial charge in [-0.05, 0) is 38.1 Å². The van der Waals surface area contributed by atoms with Crippen molar-refractivity contribution in [1.82, 2.24) is 23.9 Å². The monoisotopic (exact) mass is 665 g/mol. The van der Waals surface area contributed by atoms with Gasteiger partial charge in [-0.15, -0.1) is 11.8 Å². The molecule has 0 amide bonds. The van der Waals surface area contributed by atoms with Gasteiger partial charge in [-0.2, -0.15) is 22.6 Å². The molecule has 2 saturated heterocycles. The topological polar surface area (TPSA) is 81.9 Å². The van der Waals surface area contributed by atoms with Gasteiger partial charge in [0, 0.05) is 86.0 Å². The number of hydrogen-bond donors (Lipinski definition) is 1. The lowest BCUT2D eigenvalue weighted by Crippen LogP contribution is -2.40. The average Bonchev–Trinajstić information content (AvgIpc) is 3.31. The molecule has 0 radical (unpaired) electrons. The second-order valence-electron chi connectivity index (χ2n) is 12.1. The molecule has 1 atom stereocenters. The van der Waals surface area contributed by atoms with Crippen molar-refractivity contribution >= 4 is 21.8 Å². The normalized spacial score (nSPS) is 21.3. The van der Waals surface area contributed by atoms with Gasteiger partial charge in [0.25, 0.3) is 5.92 Å².